The van der Waals surface area contributed by atoms with Gasteiger partial charge in [-0.3, -0.25) is 4.79 Å². The molecule has 0 fully saturated rings. The van der Waals surface area contributed by atoms with E-state index in [1.807, 2.05) is 12.3 Å². The Morgan fingerprint density at radius 1 is 1.85 bits per heavy atom. The van der Waals surface area contributed by atoms with Crippen LogP contribution in [-0.4, -0.2) is 28.6 Å². The fourth-order valence-electron chi connectivity index (χ4n) is 0.774. The van der Waals surface area contributed by atoms with Gasteiger partial charge in [-0.15, -0.1) is 11.3 Å². The van der Waals surface area contributed by atoms with Crippen molar-refractivity contribution in [2.75, 3.05) is 6.54 Å². The zero-order valence-electron chi connectivity index (χ0n) is 7.57. The van der Waals surface area contributed by atoms with Crippen LogP contribution in [0, 0.1) is 6.92 Å². The van der Waals surface area contributed by atoms with Crippen molar-refractivity contribution in [2.45, 2.75) is 20.0 Å². The van der Waals surface area contributed by atoms with Gasteiger partial charge in [0.15, 0.2) is 5.01 Å². The van der Waals surface area contributed by atoms with Crippen LogP contribution in [0.2, 0.25) is 0 Å². The number of aliphatic hydroxyl groups excluding tert-OH is 1. The predicted octanol–water partition coefficient (Wildman–Crippen LogP) is 0.562. The van der Waals surface area contributed by atoms with Gasteiger partial charge in [0.2, 0.25) is 0 Å². The molecular formula is C8H12N2O2S. The lowest BCUT2D eigenvalue weighted by atomic mass is 10.4. The lowest BCUT2D eigenvalue weighted by Gasteiger charge is -2.04. The Morgan fingerprint density at radius 2 is 2.54 bits per heavy atom. The lowest BCUT2D eigenvalue weighted by molar-refractivity contribution is 0.0923. The molecule has 1 amide bonds. The zero-order valence-corrected chi connectivity index (χ0v) is 8.39. The van der Waals surface area contributed by atoms with Gasteiger partial charge in [0.05, 0.1) is 6.10 Å². The Labute approximate surface area is 80.6 Å². The van der Waals surface area contributed by atoms with Gasteiger partial charge in [0, 0.05) is 17.6 Å². The Morgan fingerprint density at radius 3 is 3.00 bits per heavy atom. The molecule has 4 nitrogen and oxygen atoms in total. The molecule has 1 unspecified atom stereocenters. The predicted molar refractivity (Wildman–Crippen MR) is 50.9 cm³/mol. The Balaban J connectivity index is 2.49. The van der Waals surface area contributed by atoms with Crippen molar-refractivity contribution in [3.63, 3.8) is 0 Å². The Hall–Kier alpha value is -0.940. The molecule has 72 valence electrons. The van der Waals surface area contributed by atoms with Crippen LogP contribution in [0.4, 0.5) is 0 Å². The molecule has 13 heavy (non-hydrogen) atoms. The minimum Gasteiger partial charge on any atom is -0.392 e. The second kappa shape index (κ2) is 4.34. The first-order chi connectivity index (χ1) is 6.09. The van der Waals surface area contributed by atoms with Crippen molar-refractivity contribution >= 4 is 17.2 Å². The zero-order chi connectivity index (χ0) is 9.84. The van der Waals surface area contributed by atoms with Gasteiger partial charge in [-0.2, -0.15) is 0 Å². The molecule has 1 aromatic heterocycles. The largest absolute Gasteiger partial charge is 0.392 e. The topological polar surface area (TPSA) is 62.2 Å². The van der Waals surface area contributed by atoms with Gasteiger partial charge >= 0.3 is 0 Å². The van der Waals surface area contributed by atoms with Gasteiger partial charge < -0.3 is 10.4 Å². The molecule has 1 aromatic rings. The van der Waals surface area contributed by atoms with Crippen molar-refractivity contribution in [1.82, 2.24) is 10.3 Å². The maximum absolute atomic E-state index is 11.3. The number of hydrogen-bond donors (Lipinski definition) is 2. The molecule has 0 aliphatic rings. The summed E-state index contributed by atoms with van der Waals surface area (Å²) in [6.07, 6.45) is -0.523. The molecule has 0 spiro atoms. The first kappa shape index (κ1) is 10.1. The van der Waals surface area contributed by atoms with E-state index in [0.717, 1.165) is 5.69 Å². The second-order valence-electron chi connectivity index (χ2n) is 2.85. The molecule has 0 bridgehead atoms. The van der Waals surface area contributed by atoms with E-state index in [0.29, 0.717) is 5.01 Å². The summed E-state index contributed by atoms with van der Waals surface area (Å²) in [7, 11) is 0. The van der Waals surface area contributed by atoms with Crippen LogP contribution in [0.3, 0.4) is 0 Å². The number of rotatable bonds is 3. The fourth-order valence-corrected chi connectivity index (χ4v) is 1.49. The maximum atomic E-state index is 11.3. The van der Waals surface area contributed by atoms with Crippen molar-refractivity contribution in [1.29, 1.82) is 0 Å². The van der Waals surface area contributed by atoms with E-state index >= 15 is 0 Å². The van der Waals surface area contributed by atoms with Crippen LogP contribution in [-0.2, 0) is 0 Å². The van der Waals surface area contributed by atoms with Crippen LogP contribution < -0.4 is 5.32 Å². The van der Waals surface area contributed by atoms with E-state index in [9.17, 15) is 4.79 Å². The number of nitrogens with zero attached hydrogens (tertiary/aromatic N) is 1. The van der Waals surface area contributed by atoms with Crippen LogP contribution in [0.15, 0.2) is 5.38 Å². The highest BCUT2D eigenvalue weighted by Crippen LogP contribution is 2.07. The summed E-state index contributed by atoms with van der Waals surface area (Å²) < 4.78 is 0. The normalized spacial score (nSPS) is 12.5. The minimum atomic E-state index is -0.523. The molecule has 0 aliphatic heterocycles. The van der Waals surface area contributed by atoms with Crippen LogP contribution in [0.25, 0.3) is 0 Å². The molecular weight excluding hydrogens is 188 g/mol. The van der Waals surface area contributed by atoms with Crippen LogP contribution >= 0.6 is 11.3 Å². The average molecular weight is 200 g/mol. The lowest BCUT2D eigenvalue weighted by Crippen LogP contribution is -2.30. The summed E-state index contributed by atoms with van der Waals surface area (Å²) in [6, 6.07) is 0. The summed E-state index contributed by atoms with van der Waals surface area (Å²) in [5.74, 6) is -0.223. The number of aliphatic hydroxyl groups is 1. The van der Waals surface area contributed by atoms with Crippen molar-refractivity contribution in [3.05, 3.63) is 16.1 Å². The molecule has 0 radical (unpaired) electrons. The Kier molecular flexibility index (Phi) is 3.39. The first-order valence-corrected chi connectivity index (χ1v) is 4.86. The second-order valence-corrected chi connectivity index (χ2v) is 3.71. The number of aryl methyl sites for hydroxylation is 1. The highest BCUT2D eigenvalue weighted by molar-refractivity contribution is 7.11. The van der Waals surface area contributed by atoms with Crippen molar-refractivity contribution in [2.24, 2.45) is 0 Å². The van der Waals surface area contributed by atoms with Crippen molar-refractivity contribution in [3.8, 4) is 0 Å². The monoisotopic (exact) mass is 200 g/mol. The fraction of sp³-hybridized carbons (Fsp3) is 0.500. The number of nitrogens with one attached hydrogen (secondary N) is 1. The van der Waals surface area contributed by atoms with E-state index in [4.69, 9.17) is 5.11 Å². The quantitative estimate of drug-likeness (QED) is 0.749. The molecule has 0 aliphatic carbocycles. The van der Waals surface area contributed by atoms with Crippen LogP contribution in [0.1, 0.15) is 22.4 Å². The summed E-state index contributed by atoms with van der Waals surface area (Å²) in [5.41, 5.74) is 0.840. The standard InChI is InChI=1S/C8H12N2O2S/c1-5-4-13-8(10-5)7(12)9-3-6(2)11/h4,6,11H,3H2,1-2H3,(H,9,12). The molecule has 5 heteroatoms. The highest BCUT2D eigenvalue weighted by Gasteiger charge is 2.09. The van der Waals surface area contributed by atoms with Crippen LogP contribution in [0.5, 0.6) is 0 Å². The summed E-state index contributed by atoms with van der Waals surface area (Å²) in [5, 5.41) is 13.8. The number of hydrogen-bond acceptors (Lipinski definition) is 4. The summed E-state index contributed by atoms with van der Waals surface area (Å²) >= 11 is 1.30. The Bertz CT molecular complexity index is 296. The van der Waals surface area contributed by atoms with Gasteiger partial charge in [-0.1, -0.05) is 0 Å². The molecule has 1 atom stereocenters. The molecule has 2 N–H and O–H groups in total. The number of amides is 1. The third kappa shape index (κ3) is 3.12. The molecule has 0 saturated heterocycles. The highest BCUT2D eigenvalue weighted by atomic mass is 32.1. The van der Waals surface area contributed by atoms with E-state index in [1.54, 1.807) is 6.92 Å². The van der Waals surface area contributed by atoms with Gasteiger partial charge in [0.25, 0.3) is 5.91 Å². The number of carbonyl (C=O) groups is 1. The number of carbonyl (C=O) groups excluding carboxylic acids is 1. The van der Waals surface area contributed by atoms with E-state index in [-0.39, 0.29) is 12.5 Å². The number of aromatic nitrogens is 1. The summed E-state index contributed by atoms with van der Waals surface area (Å²) in [4.78, 5) is 15.3. The van der Waals surface area contributed by atoms with Gasteiger partial charge in [0.1, 0.15) is 0 Å². The first-order valence-electron chi connectivity index (χ1n) is 3.98. The van der Waals surface area contributed by atoms with Gasteiger partial charge in [-0.05, 0) is 13.8 Å². The van der Waals surface area contributed by atoms with Crippen molar-refractivity contribution < 1.29 is 9.90 Å². The smallest absolute Gasteiger partial charge is 0.280 e. The molecule has 1 rings (SSSR count). The third-order valence-corrected chi connectivity index (χ3v) is 2.33. The minimum absolute atomic E-state index is 0.223. The molecule has 1 heterocycles. The average Bonchev–Trinajstić information content (AvgIpc) is 2.47. The van der Waals surface area contributed by atoms with E-state index in [1.165, 1.54) is 11.3 Å². The SMILES string of the molecule is Cc1csc(C(=O)NCC(C)O)n1. The van der Waals surface area contributed by atoms with E-state index in [2.05, 4.69) is 10.3 Å². The van der Waals surface area contributed by atoms with Gasteiger partial charge in [-0.25, -0.2) is 4.98 Å². The molecule has 0 saturated carbocycles. The third-order valence-electron chi connectivity index (χ3n) is 1.37. The maximum Gasteiger partial charge on any atom is 0.280 e. The molecule has 0 aromatic carbocycles. The summed E-state index contributed by atoms with van der Waals surface area (Å²) in [6.45, 7) is 3.72. The number of thiazole rings is 1. The van der Waals surface area contributed by atoms with E-state index < -0.39 is 6.10 Å².